The van der Waals surface area contributed by atoms with E-state index in [1.54, 1.807) is 6.92 Å². The van der Waals surface area contributed by atoms with E-state index in [-0.39, 0.29) is 37.0 Å². The zero-order chi connectivity index (χ0) is 25.8. The second-order valence-electron chi connectivity index (χ2n) is 9.79. The molecule has 0 saturated heterocycles. The molecule has 0 bridgehead atoms. The lowest BCUT2D eigenvalue weighted by atomic mass is 9.44. The van der Waals surface area contributed by atoms with Crippen LogP contribution in [0.4, 0.5) is 0 Å². The Kier molecular flexibility index (Phi) is 3.89. The lowest BCUT2D eigenvalue weighted by Gasteiger charge is -2.61. The highest BCUT2D eigenvalue weighted by Gasteiger charge is 2.66. The second-order valence-corrected chi connectivity index (χ2v) is 10.8. The first-order valence-corrected chi connectivity index (χ1v) is 11.7. The van der Waals surface area contributed by atoms with Gasteiger partial charge in [-0.2, -0.15) is 8.42 Å². The summed E-state index contributed by atoms with van der Waals surface area (Å²) in [6.07, 6.45) is -6.44. The van der Waals surface area contributed by atoms with Crippen molar-refractivity contribution >= 4 is 16.2 Å². The number of carbonyl (C=O) groups excluding carboxylic acids is 1. The van der Waals surface area contributed by atoms with Crippen molar-refractivity contribution in [3.05, 3.63) is 0 Å². The number of Topliss-reactive ketones (excluding diaryl/α,β-unsaturated/α-hetero) is 1. The largest absolute Gasteiger partial charge is 0.397 e. The first kappa shape index (κ1) is 16.1. The third kappa shape index (κ3) is 3.21. The van der Waals surface area contributed by atoms with Gasteiger partial charge in [0.1, 0.15) is 12.2 Å². The van der Waals surface area contributed by atoms with Gasteiger partial charge in [-0.25, -0.2) is 4.18 Å². The molecule has 0 spiro atoms. The van der Waals surface area contributed by atoms with Gasteiger partial charge in [-0.1, -0.05) is 13.8 Å². The Bertz CT molecular complexity index is 992. The van der Waals surface area contributed by atoms with Crippen LogP contribution in [0.25, 0.3) is 0 Å². The van der Waals surface area contributed by atoms with Gasteiger partial charge in [-0.3, -0.25) is 9.35 Å². The average Bonchev–Trinajstić information content (AvgIpc) is 2.96. The van der Waals surface area contributed by atoms with E-state index < -0.39 is 64.0 Å². The molecule has 0 radical (unpaired) electrons. The summed E-state index contributed by atoms with van der Waals surface area (Å²) in [4.78, 5) is 12.5. The van der Waals surface area contributed by atoms with Crippen LogP contribution in [0.3, 0.4) is 0 Å². The molecule has 166 valence electrons. The average molecular weight is 436 g/mol. The van der Waals surface area contributed by atoms with Crippen LogP contribution in [0.15, 0.2) is 0 Å². The number of fused-ring (bicyclic) bond motifs is 5. The normalized spacial score (nSPS) is 58.3. The molecule has 0 aliphatic heterocycles. The van der Waals surface area contributed by atoms with Crippen molar-refractivity contribution < 1.29 is 39.0 Å². The predicted octanol–water partition coefficient (Wildman–Crippen LogP) is 2.51. The summed E-state index contributed by atoms with van der Waals surface area (Å²) in [6, 6.07) is 0. The summed E-state index contributed by atoms with van der Waals surface area (Å²) in [5, 5.41) is 20.7. The molecule has 0 aromatic rings. The zero-order valence-corrected chi connectivity index (χ0v) is 17.7. The number of ketones is 1. The fourth-order valence-electron chi connectivity index (χ4n) is 7.19. The second kappa shape index (κ2) is 6.99. The molecule has 4 fully saturated rings. The smallest absolute Gasteiger partial charge is 0.388 e. The van der Waals surface area contributed by atoms with Gasteiger partial charge in [-0.05, 0) is 86.8 Å². The summed E-state index contributed by atoms with van der Waals surface area (Å²) in [7, 11) is -5.30. The van der Waals surface area contributed by atoms with Crippen LogP contribution in [-0.4, -0.2) is 47.3 Å². The van der Waals surface area contributed by atoms with E-state index in [2.05, 4.69) is 4.18 Å². The van der Waals surface area contributed by atoms with Gasteiger partial charge in [0, 0.05) is 10.9 Å². The summed E-state index contributed by atoms with van der Waals surface area (Å²) in [5.74, 6) is -1.75. The van der Waals surface area contributed by atoms with Gasteiger partial charge < -0.3 is 10.2 Å². The van der Waals surface area contributed by atoms with Crippen molar-refractivity contribution in [2.24, 2.45) is 34.5 Å². The summed E-state index contributed by atoms with van der Waals surface area (Å²) in [5.41, 5.74) is -3.33. The van der Waals surface area contributed by atoms with Crippen molar-refractivity contribution in [3.8, 4) is 0 Å². The maximum atomic E-state index is 12.5. The Balaban J connectivity index is 1.73. The minimum atomic E-state index is -5.30. The Labute approximate surface area is 180 Å². The molecule has 0 unspecified atom stereocenters. The van der Waals surface area contributed by atoms with Gasteiger partial charge in [0.25, 0.3) is 0 Å². The number of aliphatic hydroxyl groups excluding tert-OH is 1. The minimum Gasteiger partial charge on any atom is -0.388 e. The molecule has 3 N–H and O–H groups in total. The number of hydrogen-bond donors (Lipinski definition) is 3. The van der Waals surface area contributed by atoms with Crippen LogP contribution in [0.1, 0.15) is 78.4 Å². The molecular weight excluding hydrogens is 396 g/mol. The van der Waals surface area contributed by atoms with Crippen LogP contribution in [0, 0.1) is 34.5 Å². The molecule has 0 amide bonds. The molecule has 8 heteroatoms. The molecule has 4 saturated carbocycles. The first-order chi connectivity index (χ1) is 15.3. The van der Waals surface area contributed by atoms with E-state index in [4.69, 9.17) is 6.85 Å². The maximum absolute atomic E-state index is 12.5. The van der Waals surface area contributed by atoms with E-state index in [1.807, 2.05) is 6.92 Å². The molecule has 7 nitrogen and oxygen atoms in total. The monoisotopic (exact) mass is 435 g/mol. The van der Waals surface area contributed by atoms with Crippen LogP contribution in [0.2, 0.25) is 0 Å². The molecule has 4 aliphatic carbocycles. The Hall–Kier alpha value is -0.540. The summed E-state index contributed by atoms with van der Waals surface area (Å²) >= 11 is 0. The van der Waals surface area contributed by atoms with Crippen molar-refractivity contribution in [1.29, 1.82) is 0 Å². The van der Waals surface area contributed by atoms with Gasteiger partial charge in [0.05, 0.1) is 7.45 Å². The SMILES string of the molecule is [2H]C1([2H])C[C@]2(C)[C@H]3CC[C@@]4(C)[C@@H](CC[C@]4(O)C(=O)CO)[C@@H]3CC[C@H]2C([2H])([2H])[C@]1([2H])OS(=O)(=O)O. The fourth-order valence-corrected chi connectivity index (χ4v) is 7.51. The van der Waals surface area contributed by atoms with Gasteiger partial charge in [-0.15, -0.1) is 0 Å². The van der Waals surface area contributed by atoms with E-state index in [0.29, 0.717) is 25.7 Å². The van der Waals surface area contributed by atoms with Gasteiger partial charge in [0.15, 0.2) is 5.78 Å². The molecule has 4 aliphatic rings. The van der Waals surface area contributed by atoms with Gasteiger partial charge >= 0.3 is 10.4 Å². The highest BCUT2D eigenvalue weighted by molar-refractivity contribution is 7.80. The summed E-state index contributed by atoms with van der Waals surface area (Å²) < 4.78 is 79.6. The molecule has 0 aromatic carbocycles. The number of hydrogen-bond acceptors (Lipinski definition) is 6. The van der Waals surface area contributed by atoms with E-state index in [9.17, 15) is 28.0 Å². The van der Waals surface area contributed by atoms with Crippen LogP contribution < -0.4 is 0 Å². The lowest BCUT2D eigenvalue weighted by molar-refractivity contribution is -0.173. The predicted molar refractivity (Wildman–Crippen MR) is 105 cm³/mol. The highest BCUT2D eigenvalue weighted by Crippen LogP contribution is 2.68. The Morgan fingerprint density at radius 2 is 1.86 bits per heavy atom. The Morgan fingerprint density at radius 3 is 2.52 bits per heavy atom. The topological polar surface area (TPSA) is 121 Å². The zero-order valence-electron chi connectivity index (χ0n) is 21.8. The standard InChI is InChI=1S/C21H34O7S/c1-19-8-5-14(28-29(25,26)27)11-13(19)3-4-15-16(19)6-9-20(2)17(15)7-10-21(20,24)18(23)12-22/h13-17,22,24H,3-12H2,1-2H3,(H,25,26,27)/t13-,14+,15+,16-,17-,19-,20-,21-/m0/s1/i5D2,11D2,14D. The van der Waals surface area contributed by atoms with Crippen LogP contribution in [0.5, 0.6) is 0 Å². The maximum Gasteiger partial charge on any atom is 0.397 e. The number of carbonyl (C=O) groups is 1. The van der Waals surface area contributed by atoms with E-state index in [1.165, 1.54) is 0 Å². The van der Waals surface area contributed by atoms with E-state index in [0.717, 1.165) is 0 Å². The third-order valence-electron chi connectivity index (χ3n) is 8.75. The Morgan fingerprint density at radius 1 is 1.17 bits per heavy atom. The molecule has 0 heterocycles. The summed E-state index contributed by atoms with van der Waals surface area (Å²) in [6.45, 7) is 2.92. The molecule has 4 rings (SSSR count). The van der Waals surface area contributed by atoms with Crippen molar-refractivity contribution in [2.45, 2.75) is 83.2 Å². The van der Waals surface area contributed by atoms with Crippen LogP contribution in [-0.2, 0) is 19.4 Å². The van der Waals surface area contributed by atoms with E-state index >= 15 is 0 Å². The highest BCUT2D eigenvalue weighted by atomic mass is 32.3. The van der Waals surface area contributed by atoms with Crippen molar-refractivity contribution in [2.75, 3.05) is 6.61 Å². The quantitative estimate of drug-likeness (QED) is 0.580. The number of aliphatic hydroxyl groups is 2. The van der Waals surface area contributed by atoms with Crippen LogP contribution >= 0.6 is 0 Å². The fraction of sp³-hybridized carbons (Fsp3) is 0.952. The third-order valence-corrected chi connectivity index (χ3v) is 9.13. The molecule has 0 aromatic heterocycles. The van der Waals surface area contributed by atoms with Crippen molar-refractivity contribution in [3.63, 3.8) is 0 Å². The number of rotatable bonds is 4. The minimum absolute atomic E-state index is 0.0205. The molecular formula is C21H34O7S. The molecule has 29 heavy (non-hydrogen) atoms. The first-order valence-electron chi connectivity index (χ1n) is 12.9. The molecule has 8 atom stereocenters. The van der Waals surface area contributed by atoms with Crippen molar-refractivity contribution in [1.82, 2.24) is 0 Å². The lowest BCUT2D eigenvalue weighted by Crippen LogP contribution is -2.59. The van der Waals surface area contributed by atoms with Gasteiger partial charge in [0.2, 0.25) is 0 Å².